The predicted octanol–water partition coefficient (Wildman–Crippen LogP) is 1.46. The molecular weight excluding hydrogens is 300 g/mol. The van der Waals surface area contributed by atoms with Gasteiger partial charge in [0.25, 0.3) is 11.8 Å². The quantitative estimate of drug-likeness (QED) is 0.667. The largest absolute Gasteiger partial charge is 0.508 e. The normalized spacial score (nSPS) is 9.91. The Morgan fingerprint density at radius 2 is 1.35 bits per heavy atom. The first-order chi connectivity index (χ1) is 11.0. The molecule has 0 bridgehead atoms. The van der Waals surface area contributed by atoms with Crippen LogP contribution >= 0.6 is 0 Å². The summed E-state index contributed by atoms with van der Waals surface area (Å²) in [7, 11) is 0. The molecule has 4 N–H and O–H groups in total. The van der Waals surface area contributed by atoms with Crippen molar-refractivity contribution in [2.45, 2.75) is 0 Å². The van der Waals surface area contributed by atoms with E-state index >= 15 is 0 Å². The van der Waals surface area contributed by atoms with Crippen LogP contribution in [0.1, 0.15) is 20.7 Å². The summed E-state index contributed by atoms with van der Waals surface area (Å²) in [4.78, 5) is 34.0. The zero-order valence-corrected chi connectivity index (χ0v) is 11.9. The number of carbonyl (C=O) groups is 3. The van der Waals surface area contributed by atoms with Crippen LogP contribution in [0.3, 0.4) is 0 Å². The lowest BCUT2D eigenvalue weighted by atomic mass is 10.1. The van der Waals surface area contributed by atoms with Crippen LogP contribution in [0.5, 0.6) is 5.75 Å². The maximum absolute atomic E-state index is 12.0. The van der Waals surface area contributed by atoms with Crippen molar-refractivity contribution in [1.29, 1.82) is 0 Å². The number of carboxylic acid groups (broad SMARTS) is 1. The summed E-state index contributed by atoms with van der Waals surface area (Å²) in [5, 5.41) is 22.6. The van der Waals surface area contributed by atoms with Crippen molar-refractivity contribution in [3.63, 3.8) is 0 Å². The Morgan fingerprint density at radius 1 is 0.826 bits per heavy atom. The number of phenols is 1. The van der Waals surface area contributed by atoms with Crippen molar-refractivity contribution >= 4 is 23.5 Å². The second kappa shape index (κ2) is 7.08. The lowest BCUT2D eigenvalue weighted by Gasteiger charge is -2.07. The van der Waals surface area contributed by atoms with E-state index < -0.39 is 18.4 Å². The highest BCUT2D eigenvalue weighted by Crippen LogP contribution is 2.14. The van der Waals surface area contributed by atoms with Crippen LogP contribution in [0.4, 0.5) is 5.69 Å². The second-order valence-corrected chi connectivity index (χ2v) is 4.65. The van der Waals surface area contributed by atoms with E-state index in [1.807, 2.05) is 0 Å². The number of aliphatic carboxylic acids is 1. The summed E-state index contributed by atoms with van der Waals surface area (Å²) in [5.41, 5.74) is 1.15. The van der Waals surface area contributed by atoms with Gasteiger partial charge in [-0.3, -0.25) is 14.4 Å². The van der Waals surface area contributed by atoms with Gasteiger partial charge < -0.3 is 20.8 Å². The van der Waals surface area contributed by atoms with Crippen LogP contribution in [-0.4, -0.2) is 34.5 Å². The molecule has 0 aliphatic heterocycles. The number of aromatic hydroxyl groups is 1. The van der Waals surface area contributed by atoms with Gasteiger partial charge >= 0.3 is 5.97 Å². The molecule has 0 aromatic heterocycles. The van der Waals surface area contributed by atoms with E-state index in [-0.39, 0.29) is 17.2 Å². The minimum absolute atomic E-state index is 0.0678. The van der Waals surface area contributed by atoms with Crippen molar-refractivity contribution in [1.82, 2.24) is 5.32 Å². The van der Waals surface area contributed by atoms with Crippen LogP contribution in [0.15, 0.2) is 48.5 Å². The summed E-state index contributed by atoms with van der Waals surface area (Å²) in [6.07, 6.45) is 0. The van der Waals surface area contributed by atoms with Crippen molar-refractivity contribution < 1.29 is 24.6 Å². The molecule has 0 fully saturated rings. The molecule has 2 aromatic carbocycles. The molecule has 0 saturated carbocycles. The van der Waals surface area contributed by atoms with Crippen molar-refractivity contribution in [2.75, 3.05) is 11.9 Å². The molecule has 0 atom stereocenters. The Bertz CT molecular complexity index is 723. The van der Waals surface area contributed by atoms with E-state index in [9.17, 15) is 19.5 Å². The van der Waals surface area contributed by atoms with E-state index in [0.717, 1.165) is 0 Å². The molecule has 2 amide bonds. The number of benzene rings is 2. The van der Waals surface area contributed by atoms with E-state index in [0.29, 0.717) is 11.3 Å². The zero-order valence-electron chi connectivity index (χ0n) is 11.9. The van der Waals surface area contributed by atoms with Gasteiger partial charge in [-0.2, -0.15) is 0 Å². The van der Waals surface area contributed by atoms with Crippen molar-refractivity contribution in [3.05, 3.63) is 59.7 Å². The van der Waals surface area contributed by atoms with Gasteiger partial charge in [0.2, 0.25) is 0 Å². The Kier molecular flexibility index (Phi) is 4.93. The summed E-state index contributed by atoms with van der Waals surface area (Å²) >= 11 is 0. The third kappa shape index (κ3) is 4.57. The van der Waals surface area contributed by atoms with E-state index in [1.54, 1.807) is 0 Å². The van der Waals surface area contributed by atoms with Gasteiger partial charge in [-0.25, -0.2) is 0 Å². The number of hydrogen-bond donors (Lipinski definition) is 4. The number of anilines is 1. The number of carboxylic acids is 1. The first-order valence-electron chi connectivity index (χ1n) is 6.66. The summed E-state index contributed by atoms with van der Waals surface area (Å²) in [6.45, 7) is -0.460. The molecule has 0 unspecified atom stereocenters. The Morgan fingerprint density at radius 3 is 1.91 bits per heavy atom. The number of nitrogens with one attached hydrogen (secondary N) is 2. The van der Waals surface area contributed by atoms with E-state index in [2.05, 4.69) is 10.6 Å². The smallest absolute Gasteiger partial charge is 0.322 e. The van der Waals surface area contributed by atoms with Gasteiger partial charge in [-0.1, -0.05) is 0 Å². The molecule has 0 heterocycles. The molecule has 0 aliphatic carbocycles. The van der Waals surface area contributed by atoms with E-state index in [1.165, 1.54) is 48.5 Å². The highest BCUT2D eigenvalue weighted by molar-refractivity contribution is 6.04. The molecule has 118 valence electrons. The van der Waals surface area contributed by atoms with Gasteiger partial charge in [0.15, 0.2) is 0 Å². The number of hydrogen-bond acceptors (Lipinski definition) is 4. The summed E-state index contributed by atoms with van der Waals surface area (Å²) < 4.78 is 0. The maximum Gasteiger partial charge on any atom is 0.322 e. The molecule has 0 saturated heterocycles. The third-order valence-corrected chi connectivity index (χ3v) is 2.93. The van der Waals surface area contributed by atoms with E-state index in [4.69, 9.17) is 5.11 Å². The predicted molar refractivity (Wildman–Crippen MR) is 82.5 cm³/mol. The van der Waals surface area contributed by atoms with Crippen LogP contribution in [0.2, 0.25) is 0 Å². The molecule has 7 heteroatoms. The lowest BCUT2D eigenvalue weighted by Crippen LogP contribution is -2.29. The molecular formula is C16H14N2O5. The molecule has 7 nitrogen and oxygen atoms in total. The van der Waals surface area contributed by atoms with Crippen LogP contribution in [-0.2, 0) is 4.79 Å². The minimum atomic E-state index is -1.13. The Balaban J connectivity index is 1.99. The second-order valence-electron chi connectivity index (χ2n) is 4.65. The number of carbonyl (C=O) groups excluding carboxylic acids is 2. The van der Waals surface area contributed by atoms with Crippen LogP contribution < -0.4 is 10.6 Å². The molecule has 23 heavy (non-hydrogen) atoms. The van der Waals surface area contributed by atoms with Gasteiger partial charge in [-0.05, 0) is 48.5 Å². The molecule has 0 radical (unpaired) electrons. The average Bonchev–Trinajstić information content (AvgIpc) is 2.54. The molecule has 2 rings (SSSR count). The van der Waals surface area contributed by atoms with Crippen molar-refractivity contribution in [2.24, 2.45) is 0 Å². The first kappa shape index (κ1) is 16.0. The minimum Gasteiger partial charge on any atom is -0.508 e. The number of amides is 2. The Hall–Kier alpha value is -3.35. The van der Waals surface area contributed by atoms with Crippen molar-refractivity contribution in [3.8, 4) is 5.75 Å². The zero-order chi connectivity index (χ0) is 16.8. The van der Waals surface area contributed by atoms with Gasteiger partial charge in [0.1, 0.15) is 12.3 Å². The summed E-state index contributed by atoms with van der Waals surface area (Å²) in [6, 6.07) is 11.8. The highest BCUT2D eigenvalue weighted by atomic mass is 16.4. The molecule has 0 spiro atoms. The first-order valence-corrected chi connectivity index (χ1v) is 6.66. The average molecular weight is 314 g/mol. The monoisotopic (exact) mass is 314 g/mol. The Labute approximate surface area is 131 Å². The SMILES string of the molecule is O=C(O)CNC(=O)c1ccc(NC(=O)c2ccc(O)cc2)cc1. The third-order valence-electron chi connectivity index (χ3n) is 2.93. The topological polar surface area (TPSA) is 116 Å². The van der Waals surface area contributed by atoms with Crippen LogP contribution in [0.25, 0.3) is 0 Å². The lowest BCUT2D eigenvalue weighted by molar-refractivity contribution is -0.135. The fourth-order valence-corrected chi connectivity index (χ4v) is 1.78. The van der Waals surface area contributed by atoms with Gasteiger partial charge in [0, 0.05) is 16.8 Å². The number of phenolic OH excluding ortho intramolecular Hbond substituents is 1. The fraction of sp³-hybridized carbons (Fsp3) is 0.0625. The summed E-state index contributed by atoms with van der Waals surface area (Å²) in [5.74, 6) is -1.92. The molecule has 0 aliphatic rings. The number of rotatable bonds is 5. The standard InChI is InChI=1S/C16H14N2O5/c19-13-7-3-11(4-8-13)16(23)18-12-5-1-10(2-6-12)15(22)17-9-14(20)21/h1-8,19H,9H2,(H,17,22)(H,18,23)(H,20,21). The van der Waals surface area contributed by atoms with Gasteiger partial charge in [-0.15, -0.1) is 0 Å². The van der Waals surface area contributed by atoms with Crippen LogP contribution in [0, 0.1) is 0 Å². The maximum atomic E-state index is 12.0. The molecule has 2 aromatic rings. The van der Waals surface area contributed by atoms with Gasteiger partial charge in [0.05, 0.1) is 0 Å². The highest BCUT2D eigenvalue weighted by Gasteiger charge is 2.09. The fourth-order valence-electron chi connectivity index (χ4n) is 1.78.